The van der Waals surface area contributed by atoms with Crippen molar-refractivity contribution in [2.75, 3.05) is 16.2 Å². The van der Waals surface area contributed by atoms with Crippen LogP contribution >= 0.6 is 0 Å². The number of benzene rings is 2. The van der Waals surface area contributed by atoms with Gasteiger partial charge in [0, 0.05) is 24.2 Å². The van der Waals surface area contributed by atoms with Crippen LogP contribution in [0.5, 0.6) is 0 Å². The fourth-order valence-corrected chi connectivity index (χ4v) is 4.48. The number of halogens is 2. The standard InChI is InChI=1S/C21H21F2N3O2S/c1-3-26(17-7-5-4-6-8-17)29(27,28)18-10-12-21(24-14-18)25-15(2)19-11-9-16(22)13-20(19)23/h4-15H,3H2,1-2H3,(H,24,25)/p+1/t15-/m0/s1. The molecule has 1 atom stereocenters. The summed E-state index contributed by atoms with van der Waals surface area (Å²) in [6.45, 7) is 3.78. The number of rotatable bonds is 7. The van der Waals surface area contributed by atoms with E-state index in [4.69, 9.17) is 0 Å². The first-order valence-electron chi connectivity index (χ1n) is 9.14. The number of H-pyrrole nitrogens is 1. The molecule has 1 aromatic heterocycles. The number of nitrogens with zero attached hydrogens (tertiary/aromatic N) is 1. The quantitative estimate of drug-likeness (QED) is 0.626. The number of sulfonamides is 1. The minimum absolute atomic E-state index is 0.106. The summed E-state index contributed by atoms with van der Waals surface area (Å²) in [6, 6.07) is 14.9. The second-order valence-corrected chi connectivity index (χ2v) is 8.34. The van der Waals surface area contributed by atoms with Crippen LogP contribution in [-0.4, -0.2) is 15.0 Å². The van der Waals surface area contributed by atoms with Gasteiger partial charge < -0.3 is 0 Å². The highest BCUT2D eigenvalue weighted by Gasteiger charge is 2.25. The molecule has 29 heavy (non-hydrogen) atoms. The van der Waals surface area contributed by atoms with Crippen molar-refractivity contribution in [1.82, 2.24) is 0 Å². The Labute approximate surface area is 169 Å². The SMILES string of the molecule is CCN(c1ccccc1)S(=O)(=O)c1ccc(N[C@@H](C)c2ccc(F)cc2F)[nH+]c1. The van der Waals surface area contributed by atoms with E-state index in [-0.39, 0.29) is 11.4 Å². The maximum absolute atomic E-state index is 13.9. The molecule has 2 aromatic carbocycles. The Morgan fingerprint density at radius 2 is 1.79 bits per heavy atom. The first-order chi connectivity index (χ1) is 13.8. The average Bonchev–Trinajstić information content (AvgIpc) is 2.69. The number of hydrogen-bond donors (Lipinski definition) is 1. The zero-order valence-electron chi connectivity index (χ0n) is 16.1. The third-order valence-electron chi connectivity index (χ3n) is 4.50. The number of aromatic amines is 1. The lowest BCUT2D eigenvalue weighted by atomic mass is 10.1. The lowest BCUT2D eigenvalue weighted by Gasteiger charge is -2.22. The molecular formula is C21H22F2N3O2S+. The van der Waals surface area contributed by atoms with Crippen LogP contribution in [0.15, 0.2) is 71.8 Å². The molecule has 0 bridgehead atoms. The van der Waals surface area contributed by atoms with Crippen LogP contribution in [0.25, 0.3) is 0 Å². The van der Waals surface area contributed by atoms with E-state index in [0.717, 1.165) is 6.07 Å². The van der Waals surface area contributed by atoms with Crippen molar-refractivity contribution in [2.45, 2.75) is 24.8 Å². The van der Waals surface area contributed by atoms with Crippen molar-refractivity contribution in [1.29, 1.82) is 0 Å². The number of anilines is 2. The number of pyridine rings is 1. The van der Waals surface area contributed by atoms with Gasteiger partial charge in [0.1, 0.15) is 28.8 Å². The number of para-hydroxylation sites is 1. The van der Waals surface area contributed by atoms with Gasteiger partial charge in [-0.2, -0.15) is 0 Å². The Bertz CT molecular complexity index is 1070. The van der Waals surface area contributed by atoms with Crippen molar-refractivity contribution in [3.63, 3.8) is 0 Å². The minimum atomic E-state index is -3.74. The summed E-state index contributed by atoms with van der Waals surface area (Å²) in [6.07, 6.45) is 1.39. The smallest absolute Gasteiger partial charge is 0.268 e. The van der Waals surface area contributed by atoms with Gasteiger partial charge in [0.05, 0.1) is 5.69 Å². The van der Waals surface area contributed by atoms with Gasteiger partial charge in [-0.1, -0.05) is 18.2 Å². The van der Waals surface area contributed by atoms with Gasteiger partial charge >= 0.3 is 0 Å². The molecule has 0 fully saturated rings. The van der Waals surface area contributed by atoms with Crippen LogP contribution in [0.1, 0.15) is 25.5 Å². The molecule has 0 radical (unpaired) electrons. The molecule has 5 nitrogen and oxygen atoms in total. The Kier molecular flexibility index (Phi) is 6.12. The van der Waals surface area contributed by atoms with E-state index in [9.17, 15) is 17.2 Å². The van der Waals surface area contributed by atoms with Gasteiger partial charge in [-0.15, -0.1) is 0 Å². The topological polar surface area (TPSA) is 63.6 Å². The fourth-order valence-electron chi connectivity index (χ4n) is 3.04. The molecule has 0 spiro atoms. The van der Waals surface area contributed by atoms with E-state index in [0.29, 0.717) is 17.1 Å². The minimum Gasteiger partial charge on any atom is -0.268 e. The van der Waals surface area contributed by atoms with Gasteiger partial charge in [-0.3, -0.25) is 9.62 Å². The van der Waals surface area contributed by atoms with E-state index in [1.165, 1.54) is 28.7 Å². The number of aromatic nitrogens is 1. The normalized spacial score (nSPS) is 12.4. The molecule has 0 saturated heterocycles. The molecule has 3 rings (SSSR count). The molecule has 2 N–H and O–H groups in total. The predicted octanol–water partition coefficient (Wildman–Crippen LogP) is 4.17. The largest absolute Gasteiger partial charge is 0.272 e. The Balaban J connectivity index is 1.80. The van der Waals surface area contributed by atoms with Crippen LogP contribution in [0, 0.1) is 11.6 Å². The monoisotopic (exact) mass is 418 g/mol. The van der Waals surface area contributed by atoms with Crippen LogP contribution < -0.4 is 14.6 Å². The molecule has 0 aliphatic rings. The summed E-state index contributed by atoms with van der Waals surface area (Å²) in [5.74, 6) is -0.785. The second kappa shape index (κ2) is 8.57. The molecule has 152 valence electrons. The van der Waals surface area contributed by atoms with Gasteiger partial charge in [0.2, 0.25) is 0 Å². The van der Waals surface area contributed by atoms with Gasteiger partial charge in [-0.05, 0) is 44.2 Å². The lowest BCUT2D eigenvalue weighted by Crippen LogP contribution is -2.31. The van der Waals surface area contributed by atoms with Gasteiger partial charge in [0.15, 0.2) is 0 Å². The van der Waals surface area contributed by atoms with Crippen LogP contribution in [0.3, 0.4) is 0 Å². The van der Waals surface area contributed by atoms with E-state index < -0.39 is 27.7 Å². The van der Waals surface area contributed by atoms with E-state index >= 15 is 0 Å². The van der Waals surface area contributed by atoms with Gasteiger partial charge in [0.25, 0.3) is 15.8 Å². The summed E-state index contributed by atoms with van der Waals surface area (Å²) >= 11 is 0. The van der Waals surface area contributed by atoms with E-state index in [2.05, 4.69) is 10.3 Å². The Morgan fingerprint density at radius 1 is 1.07 bits per heavy atom. The number of nitrogens with one attached hydrogen (secondary N) is 2. The summed E-state index contributed by atoms with van der Waals surface area (Å²) in [4.78, 5) is 3.00. The van der Waals surface area contributed by atoms with E-state index in [1.54, 1.807) is 44.2 Å². The van der Waals surface area contributed by atoms with Crippen molar-refractivity contribution in [3.05, 3.63) is 84.1 Å². The Hall–Kier alpha value is -3.00. The van der Waals surface area contributed by atoms with Crippen LogP contribution in [0.4, 0.5) is 20.3 Å². The summed E-state index contributed by atoms with van der Waals surface area (Å²) in [5, 5.41) is 3.05. The molecule has 0 aliphatic carbocycles. The number of hydrogen-bond acceptors (Lipinski definition) is 3. The third-order valence-corrected chi connectivity index (χ3v) is 6.40. The fraction of sp³-hybridized carbons (Fsp3) is 0.190. The molecule has 8 heteroatoms. The van der Waals surface area contributed by atoms with Gasteiger partial charge in [-0.25, -0.2) is 22.2 Å². The van der Waals surface area contributed by atoms with Crippen LogP contribution in [0.2, 0.25) is 0 Å². The lowest BCUT2D eigenvalue weighted by molar-refractivity contribution is -0.364. The molecule has 0 amide bonds. The van der Waals surface area contributed by atoms with Crippen LogP contribution in [-0.2, 0) is 10.0 Å². The van der Waals surface area contributed by atoms with Crippen molar-refractivity contribution in [2.24, 2.45) is 0 Å². The van der Waals surface area contributed by atoms with E-state index in [1.807, 2.05) is 6.07 Å². The molecule has 3 aromatic rings. The highest BCUT2D eigenvalue weighted by molar-refractivity contribution is 7.92. The average molecular weight is 418 g/mol. The van der Waals surface area contributed by atoms with Crippen molar-refractivity contribution in [3.8, 4) is 0 Å². The summed E-state index contributed by atoms with van der Waals surface area (Å²) in [7, 11) is -3.74. The highest BCUT2D eigenvalue weighted by atomic mass is 32.2. The predicted molar refractivity (Wildman–Crippen MR) is 108 cm³/mol. The first kappa shape index (κ1) is 20.7. The first-order valence-corrected chi connectivity index (χ1v) is 10.6. The highest BCUT2D eigenvalue weighted by Crippen LogP contribution is 2.24. The summed E-state index contributed by atoms with van der Waals surface area (Å²) < 4.78 is 54.3. The zero-order valence-corrected chi connectivity index (χ0v) is 16.9. The Morgan fingerprint density at radius 3 is 2.38 bits per heavy atom. The zero-order chi connectivity index (χ0) is 21.0. The molecular weight excluding hydrogens is 396 g/mol. The molecule has 0 unspecified atom stereocenters. The summed E-state index contributed by atoms with van der Waals surface area (Å²) in [5.41, 5.74) is 0.885. The van der Waals surface area contributed by atoms with Crippen molar-refractivity contribution >= 4 is 21.5 Å². The maximum Gasteiger partial charge on any atom is 0.272 e. The molecule has 0 aliphatic heterocycles. The second-order valence-electron chi connectivity index (χ2n) is 6.48. The van der Waals surface area contributed by atoms with Crippen molar-refractivity contribution < 1.29 is 22.2 Å². The third kappa shape index (κ3) is 4.54. The maximum atomic E-state index is 13.9. The molecule has 1 heterocycles. The molecule has 0 saturated carbocycles.